The molecule has 0 aromatic carbocycles. The second kappa shape index (κ2) is 5.52. The van der Waals surface area contributed by atoms with E-state index in [0.29, 0.717) is 29.5 Å². The highest BCUT2D eigenvalue weighted by Crippen LogP contribution is 2.31. The summed E-state index contributed by atoms with van der Waals surface area (Å²) in [5.41, 5.74) is 0.582. The van der Waals surface area contributed by atoms with Crippen LogP contribution in [0.15, 0.2) is 27.4 Å². The average molecular weight is 328 g/mol. The zero-order chi connectivity index (χ0) is 16.7. The number of nitrogens with zero attached hydrogens (tertiary/aromatic N) is 3. The quantitative estimate of drug-likeness (QED) is 0.670. The summed E-state index contributed by atoms with van der Waals surface area (Å²) < 4.78 is 5.53. The van der Waals surface area contributed by atoms with E-state index in [1.165, 1.54) is 0 Å². The summed E-state index contributed by atoms with van der Waals surface area (Å²) in [7, 11) is 0. The van der Waals surface area contributed by atoms with Crippen LogP contribution in [-0.2, 0) is 0 Å². The Morgan fingerprint density at radius 2 is 2.21 bits per heavy atom. The van der Waals surface area contributed by atoms with Crippen molar-refractivity contribution in [3.8, 4) is 11.5 Å². The highest BCUT2D eigenvalue weighted by atomic mass is 16.3. The van der Waals surface area contributed by atoms with Crippen LogP contribution in [0.2, 0.25) is 0 Å². The minimum absolute atomic E-state index is 0.202. The molecule has 0 spiro atoms. The molecule has 4 heterocycles. The van der Waals surface area contributed by atoms with Gasteiger partial charge in [-0.15, -0.1) is 0 Å². The first-order valence-corrected chi connectivity index (χ1v) is 7.69. The number of likely N-dealkylation sites (tertiary alicyclic amines) is 1. The molecule has 1 unspecified atom stereocenters. The molecule has 1 fully saturated rings. The molecule has 24 heavy (non-hydrogen) atoms. The zero-order valence-electron chi connectivity index (χ0n) is 13.0. The predicted octanol–water partition coefficient (Wildman–Crippen LogP) is 1.37. The number of furan rings is 1. The van der Waals surface area contributed by atoms with Crippen molar-refractivity contribution in [2.24, 2.45) is 0 Å². The summed E-state index contributed by atoms with van der Waals surface area (Å²) in [6.07, 6.45) is 1.60. The maximum absolute atomic E-state index is 12.8. The number of amides is 1. The van der Waals surface area contributed by atoms with Crippen molar-refractivity contribution in [3.05, 3.63) is 46.0 Å². The van der Waals surface area contributed by atoms with Gasteiger partial charge < -0.3 is 9.32 Å². The van der Waals surface area contributed by atoms with Gasteiger partial charge in [-0.25, -0.2) is 9.89 Å². The molecule has 1 aliphatic rings. The summed E-state index contributed by atoms with van der Waals surface area (Å²) in [4.78, 5) is 28.3. The van der Waals surface area contributed by atoms with E-state index in [9.17, 15) is 9.59 Å². The lowest BCUT2D eigenvalue weighted by molar-refractivity contribution is 0.0724. The topological polar surface area (TPSA) is 124 Å². The Bertz CT molecular complexity index is 933. The van der Waals surface area contributed by atoms with Gasteiger partial charge in [0.1, 0.15) is 11.5 Å². The fraction of sp³-hybridized carbons (Fsp3) is 0.333. The zero-order valence-corrected chi connectivity index (χ0v) is 13.0. The molecular weight excluding hydrogens is 312 g/mol. The largest absolute Gasteiger partial charge is 0.460 e. The first-order chi connectivity index (χ1) is 11.6. The lowest BCUT2D eigenvalue weighted by Gasteiger charge is -2.21. The number of nitrogens with one attached hydrogen (secondary N) is 3. The van der Waals surface area contributed by atoms with Crippen molar-refractivity contribution in [1.29, 1.82) is 0 Å². The van der Waals surface area contributed by atoms with Gasteiger partial charge in [-0.05, 0) is 31.9 Å². The first kappa shape index (κ1) is 14.5. The van der Waals surface area contributed by atoms with Gasteiger partial charge in [-0.2, -0.15) is 10.2 Å². The third-order valence-corrected chi connectivity index (χ3v) is 4.15. The number of carbonyl (C=O) groups is 1. The predicted molar refractivity (Wildman–Crippen MR) is 83.2 cm³/mol. The molecule has 0 bridgehead atoms. The maximum atomic E-state index is 12.8. The monoisotopic (exact) mass is 328 g/mol. The number of H-pyrrole nitrogens is 3. The van der Waals surface area contributed by atoms with E-state index in [1.54, 1.807) is 11.0 Å². The molecule has 1 atom stereocenters. The maximum Gasteiger partial charge on any atom is 0.340 e. The van der Waals surface area contributed by atoms with Crippen LogP contribution in [-0.4, -0.2) is 42.7 Å². The molecule has 0 saturated carbocycles. The number of aromatic nitrogens is 5. The molecule has 124 valence electrons. The molecule has 9 heteroatoms. The van der Waals surface area contributed by atoms with Crippen LogP contribution >= 0.6 is 0 Å². The number of hydrogen-bond donors (Lipinski definition) is 3. The molecule has 0 radical (unpaired) electrons. The molecule has 1 amide bonds. The Morgan fingerprint density at radius 3 is 2.92 bits per heavy atom. The normalized spacial score (nSPS) is 17.5. The van der Waals surface area contributed by atoms with E-state index in [2.05, 4.69) is 25.4 Å². The molecule has 1 aliphatic heterocycles. The van der Waals surface area contributed by atoms with Crippen LogP contribution < -0.4 is 5.69 Å². The smallest absolute Gasteiger partial charge is 0.340 e. The molecule has 3 N–H and O–H groups in total. The fourth-order valence-corrected chi connectivity index (χ4v) is 3.02. The van der Waals surface area contributed by atoms with Crippen LogP contribution in [0.3, 0.4) is 0 Å². The van der Waals surface area contributed by atoms with Crippen LogP contribution in [0.25, 0.3) is 11.5 Å². The van der Waals surface area contributed by atoms with Crippen LogP contribution in [0.4, 0.5) is 0 Å². The molecule has 3 aromatic rings. The summed E-state index contributed by atoms with van der Waals surface area (Å²) in [6, 6.07) is 5.10. The average Bonchev–Trinajstić information content (AvgIpc) is 3.33. The summed E-state index contributed by atoms with van der Waals surface area (Å²) >= 11 is 0. The second-order valence-corrected chi connectivity index (χ2v) is 5.80. The third kappa shape index (κ3) is 2.43. The Labute approximate surface area is 136 Å². The second-order valence-electron chi connectivity index (χ2n) is 5.80. The van der Waals surface area contributed by atoms with Crippen molar-refractivity contribution in [3.63, 3.8) is 0 Å². The third-order valence-electron chi connectivity index (χ3n) is 4.15. The summed E-state index contributed by atoms with van der Waals surface area (Å²) in [6.45, 7) is 2.45. The lowest BCUT2D eigenvalue weighted by Crippen LogP contribution is -2.31. The molecule has 1 saturated heterocycles. The summed E-state index contributed by atoms with van der Waals surface area (Å²) in [5, 5.41) is 13.2. The van der Waals surface area contributed by atoms with E-state index >= 15 is 0 Å². The SMILES string of the molecule is Cc1ccc(-c2cc(C(=O)N3CCCC3c3n[nH]c(=O)[nH]3)n[nH]2)o1. The Balaban J connectivity index is 1.59. The van der Waals surface area contributed by atoms with Crippen LogP contribution in [0.5, 0.6) is 0 Å². The van der Waals surface area contributed by atoms with Crippen molar-refractivity contribution < 1.29 is 9.21 Å². The van der Waals surface area contributed by atoms with Crippen LogP contribution in [0.1, 0.15) is 41.0 Å². The van der Waals surface area contributed by atoms with Crippen molar-refractivity contribution in [1.82, 2.24) is 30.3 Å². The number of rotatable bonds is 3. The highest BCUT2D eigenvalue weighted by Gasteiger charge is 2.33. The Kier molecular flexibility index (Phi) is 3.33. The molecule has 0 aliphatic carbocycles. The van der Waals surface area contributed by atoms with Crippen molar-refractivity contribution >= 4 is 5.91 Å². The van der Waals surface area contributed by atoms with E-state index < -0.39 is 0 Å². The molecule has 4 rings (SSSR count). The number of aryl methyl sites for hydroxylation is 1. The van der Waals surface area contributed by atoms with Gasteiger partial charge in [0.2, 0.25) is 0 Å². The standard InChI is InChI=1S/C15H16N6O3/c1-8-4-5-12(24-8)9-7-10(18-17-9)14(22)21-6-2-3-11(21)13-16-15(23)20-19-13/h4-5,7,11H,2-3,6H2,1H3,(H,17,18)(H2,16,19,20,23). The molecule has 3 aromatic heterocycles. The Hall–Kier alpha value is -3.10. The lowest BCUT2D eigenvalue weighted by atomic mass is 10.2. The molecular formula is C15H16N6O3. The number of aromatic amines is 3. The van der Waals surface area contributed by atoms with Gasteiger partial charge in [0.25, 0.3) is 5.91 Å². The van der Waals surface area contributed by atoms with Gasteiger partial charge in [0.05, 0.1) is 6.04 Å². The van der Waals surface area contributed by atoms with E-state index in [-0.39, 0.29) is 17.6 Å². The van der Waals surface area contributed by atoms with E-state index in [0.717, 1.165) is 18.6 Å². The number of hydrogen-bond acceptors (Lipinski definition) is 5. The highest BCUT2D eigenvalue weighted by molar-refractivity contribution is 5.93. The fourth-order valence-electron chi connectivity index (χ4n) is 3.02. The van der Waals surface area contributed by atoms with Gasteiger partial charge in [-0.3, -0.25) is 14.9 Å². The minimum Gasteiger partial charge on any atom is -0.460 e. The Morgan fingerprint density at radius 1 is 1.33 bits per heavy atom. The van der Waals surface area contributed by atoms with Gasteiger partial charge >= 0.3 is 5.69 Å². The van der Waals surface area contributed by atoms with Gasteiger partial charge in [0, 0.05) is 12.6 Å². The number of carbonyl (C=O) groups excluding carboxylic acids is 1. The van der Waals surface area contributed by atoms with Gasteiger partial charge in [0.15, 0.2) is 17.3 Å². The summed E-state index contributed by atoms with van der Waals surface area (Å²) in [5.74, 6) is 1.69. The van der Waals surface area contributed by atoms with E-state index in [4.69, 9.17) is 4.42 Å². The van der Waals surface area contributed by atoms with Crippen molar-refractivity contribution in [2.45, 2.75) is 25.8 Å². The molecule has 9 nitrogen and oxygen atoms in total. The van der Waals surface area contributed by atoms with Crippen molar-refractivity contribution in [2.75, 3.05) is 6.54 Å². The minimum atomic E-state index is -0.375. The first-order valence-electron chi connectivity index (χ1n) is 7.69. The van der Waals surface area contributed by atoms with Crippen LogP contribution in [0, 0.1) is 6.92 Å². The van der Waals surface area contributed by atoms with Gasteiger partial charge in [-0.1, -0.05) is 0 Å². The van der Waals surface area contributed by atoms with E-state index in [1.807, 2.05) is 19.1 Å².